The van der Waals surface area contributed by atoms with Crippen molar-refractivity contribution >= 4 is 5.91 Å². The standard InChI is InChI=1S/C24H29NO10/c1-2-11-13-6-15-12-7-17(28)16(27)5-10(12)3-4-25(15)22(32)14(13)9-33-23(11)35-24-21(31)20(30)19(29)18(8-26)34-24/h2,5,7,9,11,13,15,18-21,23-24,26-31H,1,3-4,6,8H2/t11-,13+,15-,18+,19+,20-,21+,23+,24-/m1/s1. The number of amides is 1. The lowest BCUT2D eigenvalue weighted by Crippen LogP contribution is -2.60. The number of phenols is 2. The van der Waals surface area contributed by atoms with Gasteiger partial charge in [-0.1, -0.05) is 6.08 Å². The van der Waals surface area contributed by atoms with Crippen LogP contribution in [0.4, 0.5) is 0 Å². The molecular weight excluding hydrogens is 462 g/mol. The maximum atomic E-state index is 13.4. The molecule has 9 atom stereocenters. The first kappa shape index (κ1) is 24.0. The van der Waals surface area contributed by atoms with Crippen LogP contribution in [0.25, 0.3) is 0 Å². The number of carbonyl (C=O) groups excluding carboxylic acids is 1. The van der Waals surface area contributed by atoms with Crippen LogP contribution >= 0.6 is 0 Å². The first-order valence-corrected chi connectivity index (χ1v) is 11.5. The topological polar surface area (TPSA) is 169 Å². The molecule has 11 heteroatoms. The van der Waals surface area contributed by atoms with Crippen molar-refractivity contribution in [3.8, 4) is 11.5 Å². The van der Waals surface area contributed by atoms with Gasteiger partial charge in [0.2, 0.25) is 6.29 Å². The number of hydrogen-bond donors (Lipinski definition) is 6. The molecule has 190 valence electrons. The van der Waals surface area contributed by atoms with Crippen LogP contribution in [0, 0.1) is 11.8 Å². The molecule has 0 saturated carbocycles. The van der Waals surface area contributed by atoms with E-state index in [0.29, 0.717) is 25.0 Å². The fourth-order valence-corrected chi connectivity index (χ4v) is 5.55. The van der Waals surface area contributed by atoms with E-state index in [0.717, 1.165) is 11.1 Å². The number of ether oxygens (including phenoxy) is 3. The van der Waals surface area contributed by atoms with Crippen LogP contribution < -0.4 is 0 Å². The summed E-state index contributed by atoms with van der Waals surface area (Å²) in [5, 5.41) is 59.9. The number of benzene rings is 1. The minimum atomic E-state index is -1.60. The molecule has 4 aliphatic heterocycles. The van der Waals surface area contributed by atoms with E-state index in [9.17, 15) is 35.4 Å². The van der Waals surface area contributed by atoms with E-state index in [1.165, 1.54) is 18.4 Å². The first-order chi connectivity index (χ1) is 16.7. The van der Waals surface area contributed by atoms with Gasteiger partial charge in [0.15, 0.2) is 17.8 Å². The van der Waals surface area contributed by atoms with Gasteiger partial charge in [0.05, 0.1) is 24.5 Å². The van der Waals surface area contributed by atoms with Crippen LogP contribution in [0.15, 0.2) is 36.6 Å². The van der Waals surface area contributed by atoms with Crippen molar-refractivity contribution in [3.05, 3.63) is 47.7 Å². The summed E-state index contributed by atoms with van der Waals surface area (Å²) in [6.07, 6.45) is -4.35. The van der Waals surface area contributed by atoms with Crippen LogP contribution in [0.3, 0.4) is 0 Å². The smallest absolute Gasteiger partial charge is 0.253 e. The first-order valence-electron chi connectivity index (χ1n) is 11.5. The molecule has 0 aromatic heterocycles. The summed E-state index contributed by atoms with van der Waals surface area (Å²) in [5.74, 6) is -1.57. The molecule has 35 heavy (non-hydrogen) atoms. The number of fused-ring (bicyclic) bond motifs is 4. The molecule has 5 rings (SSSR count). The van der Waals surface area contributed by atoms with Gasteiger partial charge in [-0.05, 0) is 36.1 Å². The third-order valence-corrected chi connectivity index (χ3v) is 7.48. The number of aliphatic hydroxyl groups excluding tert-OH is 4. The molecule has 1 aromatic carbocycles. The quantitative estimate of drug-likeness (QED) is 0.236. The second-order valence-electron chi connectivity index (χ2n) is 9.37. The summed E-state index contributed by atoms with van der Waals surface area (Å²) in [5.41, 5.74) is 2.07. The van der Waals surface area contributed by atoms with Gasteiger partial charge in [-0.15, -0.1) is 6.58 Å². The zero-order chi connectivity index (χ0) is 25.0. The minimum absolute atomic E-state index is 0.206. The number of phenolic OH excluding ortho intramolecular Hbond substituents is 2. The highest BCUT2D eigenvalue weighted by atomic mass is 16.8. The normalized spacial score (nSPS) is 38.5. The van der Waals surface area contributed by atoms with E-state index in [-0.39, 0.29) is 29.4 Å². The van der Waals surface area contributed by atoms with Gasteiger partial charge in [0.1, 0.15) is 24.4 Å². The van der Waals surface area contributed by atoms with Crippen molar-refractivity contribution in [2.45, 2.75) is 55.9 Å². The summed E-state index contributed by atoms with van der Waals surface area (Å²) in [6.45, 7) is 3.73. The highest BCUT2D eigenvalue weighted by Crippen LogP contribution is 2.49. The summed E-state index contributed by atoms with van der Waals surface area (Å²) >= 11 is 0. The number of aliphatic hydroxyl groups is 4. The third kappa shape index (κ3) is 3.88. The van der Waals surface area contributed by atoms with E-state index in [2.05, 4.69) is 6.58 Å². The maximum absolute atomic E-state index is 13.4. The van der Waals surface area contributed by atoms with Crippen molar-refractivity contribution in [1.82, 2.24) is 4.90 Å². The van der Waals surface area contributed by atoms with E-state index in [4.69, 9.17) is 14.2 Å². The van der Waals surface area contributed by atoms with Crippen LogP contribution in [0.1, 0.15) is 23.6 Å². The highest BCUT2D eigenvalue weighted by Gasteiger charge is 2.50. The Hall–Kier alpha value is -2.67. The Labute approximate surface area is 201 Å². The van der Waals surface area contributed by atoms with E-state index < -0.39 is 49.5 Å². The van der Waals surface area contributed by atoms with Gasteiger partial charge in [0, 0.05) is 18.4 Å². The summed E-state index contributed by atoms with van der Waals surface area (Å²) in [7, 11) is 0. The Morgan fingerprint density at radius 2 is 1.86 bits per heavy atom. The fraction of sp³-hybridized carbons (Fsp3) is 0.542. The lowest BCUT2D eigenvalue weighted by Gasteiger charge is -2.48. The Bertz CT molecular complexity index is 1040. The number of aromatic hydroxyl groups is 2. The second kappa shape index (κ2) is 9.08. The van der Waals surface area contributed by atoms with Crippen molar-refractivity contribution in [3.63, 3.8) is 0 Å². The van der Waals surface area contributed by atoms with Crippen molar-refractivity contribution in [2.75, 3.05) is 13.2 Å². The third-order valence-electron chi connectivity index (χ3n) is 7.48. The van der Waals surface area contributed by atoms with Gasteiger partial charge in [-0.3, -0.25) is 4.79 Å². The Morgan fingerprint density at radius 3 is 2.57 bits per heavy atom. The summed E-state index contributed by atoms with van der Waals surface area (Å²) < 4.78 is 17.0. The zero-order valence-corrected chi connectivity index (χ0v) is 18.8. The molecule has 0 spiro atoms. The number of rotatable bonds is 4. The largest absolute Gasteiger partial charge is 0.504 e. The van der Waals surface area contributed by atoms with E-state index >= 15 is 0 Å². The monoisotopic (exact) mass is 491 g/mol. The Balaban J connectivity index is 1.41. The molecular formula is C24H29NO10. The predicted octanol–water partition coefficient (Wildman–Crippen LogP) is -0.598. The van der Waals surface area contributed by atoms with E-state index in [1.807, 2.05) is 0 Å². The van der Waals surface area contributed by atoms with Crippen LogP contribution in [0.5, 0.6) is 11.5 Å². The molecule has 1 aromatic rings. The van der Waals surface area contributed by atoms with E-state index in [1.54, 1.807) is 11.0 Å². The molecule has 0 bridgehead atoms. The number of hydrogen-bond acceptors (Lipinski definition) is 10. The Kier molecular flexibility index (Phi) is 6.24. The molecule has 1 amide bonds. The SMILES string of the molecule is C=C[C@H]1[C@H](O[C@H]2O[C@@H](CO)[C@H](O)[C@@H](O)[C@@H]2O)OC=C2C(=O)N3CCc4cc(O)c(O)cc4[C@H]3C[C@H]21. The molecule has 4 heterocycles. The van der Waals surface area contributed by atoms with Crippen LogP contribution in [-0.4, -0.2) is 91.6 Å². The lowest BCUT2D eigenvalue weighted by molar-refractivity contribution is -0.339. The Morgan fingerprint density at radius 1 is 1.11 bits per heavy atom. The molecule has 0 aliphatic carbocycles. The zero-order valence-electron chi connectivity index (χ0n) is 18.8. The second-order valence-corrected chi connectivity index (χ2v) is 9.37. The van der Waals surface area contributed by atoms with Crippen molar-refractivity contribution < 1.29 is 49.6 Å². The average Bonchev–Trinajstić information content (AvgIpc) is 2.85. The van der Waals surface area contributed by atoms with Gasteiger partial charge >= 0.3 is 0 Å². The lowest BCUT2D eigenvalue weighted by atomic mass is 9.73. The van der Waals surface area contributed by atoms with Gasteiger partial charge in [-0.2, -0.15) is 0 Å². The van der Waals surface area contributed by atoms with Crippen molar-refractivity contribution in [1.29, 1.82) is 0 Å². The molecule has 2 saturated heterocycles. The number of carbonyl (C=O) groups is 1. The molecule has 0 radical (unpaired) electrons. The predicted molar refractivity (Wildman–Crippen MR) is 118 cm³/mol. The summed E-state index contributed by atoms with van der Waals surface area (Å²) in [6, 6.07) is 2.68. The molecule has 6 N–H and O–H groups in total. The number of piperidine rings is 1. The van der Waals surface area contributed by atoms with Gasteiger partial charge in [-0.25, -0.2) is 0 Å². The molecule has 0 unspecified atom stereocenters. The summed E-state index contributed by atoms with van der Waals surface area (Å²) in [4.78, 5) is 15.1. The molecule has 11 nitrogen and oxygen atoms in total. The van der Waals surface area contributed by atoms with Gasteiger partial charge in [0.25, 0.3) is 5.91 Å². The van der Waals surface area contributed by atoms with Crippen LogP contribution in [-0.2, 0) is 25.4 Å². The van der Waals surface area contributed by atoms with Crippen LogP contribution in [0.2, 0.25) is 0 Å². The number of nitrogens with zero attached hydrogens (tertiary/aromatic N) is 1. The molecule has 4 aliphatic rings. The molecule has 2 fully saturated rings. The maximum Gasteiger partial charge on any atom is 0.253 e. The average molecular weight is 491 g/mol. The highest BCUT2D eigenvalue weighted by molar-refractivity contribution is 5.95. The minimum Gasteiger partial charge on any atom is -0.504 e. The van der Waals surface area contributed by atoms with Crippen molar-refractivity contribution in [2.24, 2.45) is 11.8 Å². The fourth-order valence-electron chi connectivity index (χ4n) is 5.55. The van der Waals surface area contributed by atoms with Gasteiger partial charge < -0.3 is 49.7 Å².